The van der Waals surface area contributed by atoms with Gasteiger partial charge in [0.2, 0.25) is 0 Å². The first kappa shape index (κ1) is 9.51. The van der Waals surface area contributed by atoms with Gasteiger partial charge in [0.25, 0.3) is 0 Å². The SMILES string of the molecule is N[C@H](Cc1csc(Cl)c1)C(=O)O. The van der Waals surface area contributed by atoms with Crippen molar-refractivity contribution in [3.8, 4) is 0 Å². The molecule has 0 aromatic carbocycles. The largest absolute Gasteiger partial charge is 0.480 e. The molecule has 0 radical (unpaired) electrons. The second-order valence-corrected chi connectivity index (χ2v) is 3.95. The van der Waals surface area contributed by atoms with Gasteiger partial charge in [0, 0.05) is 0 Å². The van der Waals surface area contributed by atoms with E-state index in [2.05, 4.69) is 0 Å². The Morgan fingerprint density at radius 2 is 2.50 bits per heavy atom. The maximum Gasteiger partial charge on any atom is 0.320 e. The average molecular weight is 206 g/mol. The minimum atomic E-state index is -0.989. The Morgan fingerprint density at radius 3 is 2.92 bits per heavy atom. The Hall–Kier alpha value is -0.580. The molecule has 5 heteroatoms. The number of rotatable bonds is 3. The first-order chi connectivity index (χ1) is 5.59. The van der Waals surface area contributed by atoms with Crippen LogP contribution in [0.5, 0.6) is 0 Å². The van der Waals surface area contributed by atoms with Crippen molar-refractivity contribution < 1.29 is 9.90 Å². The Kier molecular flexibility index (Phi) is 3.08. The predicted octanol–water partition coefficient (Wildman–Crippen LogP) is 1.36. The van der Waals surface area contributed by atoms with Crippen LogP contribution in [-0.2, 0) is 11.2 Å². The Morgan fingerprint density at radius 1 is 1.83 bits per heavy atom. The molecule has 1 heterocycles. The van der Waals surface area contributed by atoms with Crippen molar-refractivity contribution in [2.75, 3.05) is 0 Å². The molecule has 0 amide bonds. The third-order valence-corrected chi connectivity index (χ3v) is 2.53. The summed E-state index contributed by atoms with van der Waals surface area (Å²) in [5, 5.41) is 10.3. The van der Waals surface area contributed by atoms with Crippen molar-refractivity contribution in [1.29, 1.82) is 0 Å². The normalized spacial score (nSPS) is 12.8. The number of nitrogens with two attached hydrogens (primary N) is 1. The third-order valence-electron chi connectivity index (χ3n) is 1.39. The highest BCUT2D eigenvalue weighted by Crippen LogP contribution is 2.20. The zero-order valence-electron chi connectivity index (χ0n) is 6.16. The zero-order valence-corrected chi connectivity index (χ0v) is 7.73. The van der Waals surface area contributed by atoms with Gasteiger partial charge in [-0.1, -0.05) is 11.6 Å². The van der Waals surface area contributed by atoms with E-state index in [0.29, 0.717) is 10.8 Å². The van der Waals surface area contributed by atoms with E-state index in [-0.39, 0.29) is 0 Å². The highest BCUT2D eigenvalue weighted by molar-refractivity contribution is 7.14. The monoisotopic (exact) mass is 205 g/mol. The lowest BCUT2D eigenvalue weighted by Gasteiger charge is -2.02. The van der Waals surface area contributed by atoms with Gasteiger partial charge in [-0.25, -0.2) is 0 Å². The van der Waals surface area contributed by atoms with Crippen LogP contribution in [-0.4, -0.2) is 17.1 Å². The van der Waals surface area contributed by atoms with E-state index in [9.17, 15) is 4.79 Å². The number of carboxylic acids is 1. The van der Waals surface area contributed by atoms with Crippen LogP contribution in [0, 0.1) is 0 Å². The average Bonchev–Trinajstić information content (AvgIpc) is 2.35. The fourth-order valence-corrected chi connectivity index (χ4v) is 1.72. The van der Waals surface area contributed by atoms with Gasteiger partial charge in [-0.3, -0.25) is 4.79 Å². The second kappa shape index (κ2) is 3.89. The zero-order chi connectivity index (χ0) is 9.14. The Labute approximate surface area is 78.8 Å². The van der Waals surface area contributed by atoms with Crippen LogP contribution in [0.1, 0.15) is 5.56 Å². The van der Waals surface area contributed by atoms with E-state index in [1.54, 1.807) is 6.07 Å². The molecule has 3 nitrogen and oxygen atoms in total. The van der Waals surface area contributed by atoms with Crippen LogP contribution in [0.4, 0.5) is 0 Å². The summed E-state index contributed by atoms with van der Waals surface area (Å²) in [5.74, 6) is -0.989. The molecule has 0 saturated carbocycles. The summed E-state index contributed by atoms with van der Waals surface area (Å²) in [7, 11) is 0. The molecule has 0 aliphatic carbocycles. The standard InChI is InChI=1S/C7H8ClNO2S/c8-6-2-4(3-12-6)1-5(9)7(10)11/h2-3,5H,1,9H2,(H,10,11)/t5-/m1/s1. The molecule has 12 heavy (non-hydrogen) atoms. The van der Waals surface area contributed by atoms with Gasteiger partial charge in [-0.15, -0.1) is 11.3 Å². The number of aliphatic carboxylic acids is 1. The molecule has 0 saturated heterocycles. The molecule has 1 aromatic heterocycles. The number of carbonyl (C=O) groups is 1. The summed E-state index contributed by atoms with van der Waals surface area (Å²) in [4.78, 5) is 10.4. The smallest absolute Gasteiger partial charge is 0.320 e. The molecule has 1 atom stereocenters. The van der Waals surface area contributed by atoms with E-state index >= 15 is 0 Å². The minimum absolute atomic E-state index is 0.332. The lowest BCUT2D eigenvalue weighted by atomic mass is 10.1. The van der Waals surface area contributed by atoms with E-state index in [4.69, 9.17) is 22.4 Å². The summed E-state index contributed by atoms with van der Waals surface area (Å²) in [6.07, 6.45) is 0.332. The van der Waals surface area contributed by atoms with Crippen LogP contribution >= 0.6 is 22.9 Å². The van der Waals surface area contributed by atoms with Gasteiger partial charge in [-0.2, -0.15) is 0 Å². The van der Waals surface area contributed by atoms with Crippen LogP contribution in [0.3, 0.4) is 0 Å². The maximum atomic E-state index is 10.4. The summed E-state index contributed by atoms with van der Waals surface area (Å²) in [5.41, 5.74) is 6.19. The van der Waals surface area contributed by atoms with Crippen molar-refractivity contribution in [2.24, 2.45) is 5.73 Å². The molecule has 66 valence electrons. The molecule has 3 N–H and O–H groups in total. The van der Waals surface area contributed by atoms with Crippen molar-refractivity contribution in [1.82, 2.24) is 0 Å². The van der Waals surface area contributed by atoms with Crippen LogP contribution in [0.25, 0.3) is 0 Å². The highest BCUT2D eigenvalue weighted by Gasteiger charge is 2.12. The summed E-state index contributed by atoms with van der Waals surface area (Å²) >= 11 is 7.03. The first-order valence-electron chi connectivity index (χ1n) is 3.31. The molecule has 0 spiro atoms. The molecule has 1 rings (SSSR count). The number of hydrogen-bond donors (Lipinski definition) is 2. The van der Waals surface area contributed by atoms with Gasteiger partial charge in [0.15, 0.2) is 0 Å². The number of halogens is 1. The van der Waals surface area contributed by atoms with Gasteiger partial charge in [-0.05, 0) is 23.4 Å². The number of thiophene rings is 1. The molecular formula is C7H8ClNO2S. The summed E-state index contributed by atoms with van der Waals surface area (Å²) in [6, 6.07) is 0.894. The van der Waals surface area contributed by atoms with Crippen molar-refractivity contribution in [3.63, 3.8) is 0 Å². The minimum Gasteiger partial charge on any atom is -0.480 e. The van der Waals surface area contributed by atoms with E-state index < -0.39 is 12.0 Å². The molecule has 0 bridgehead atoms. The lowest BCUT2D eigenvalue weighted by molar-refractivity contribution is -0.138. The fraction of sp³-hybridized carbons (Fsp3) is 0.286. The molecule has 0 unspecified atom stereocenters. The number of hydrogen-bond acceptors (Lipinski definition) is 3. The summed E-state index contributed by atoms with van der Waals surface area (Å²) < 4.78 is 0.655. The molecular weight excluding hydrogens is 198 g/mol. The van der Waals surface area contributed by atoms with Crippen molar-refractivity contribution >= 4 is 28.9 Å². The topological polar surface area (TPSA) is 63.3 Å². The first-order valence-corrected chi connectivity index (χ1v) is 4.56. The second-order valence-electron chi connectivity index (χ2n) is 2.41. The van der Waals surface area contributed by atoms with E-state index in [1.807, 2.05) is 5.38 Å². The third kappa shape index (κ3) is 2.48. The molecule has 0 aliphatic rings. The van der Waals surface area contributed by atoms with Gasteiger partial charge in [0.1, 0.15) is 6.04 Å². The van der Waals surface area contributed by atoms with Crippen LogP contribution in [0.2, 0.25) is 4.34 Å². The quantitative estimate of drug-likeness (QED) is 0.783. The van der Waals surface area contributed by atoms with Crippen molar-refractivity contribution in [2.45, 2.75) is 12.5 Å². The highest BCUT2D eigenvalue weighted by atomic mass is 35.5. The lowest BCUT2D eigenvalue weighted by Crippen LogP contribution is -2.32. The fourth-order valence-electron chi connectivity index (χ4n) is 0.794. The summed E-state index contributed by atoms with van der Waals surface area (Å²) in [6.45, 7) is 0. The van der Waals surface area contributed by atoms with Crippen LogP contribution < -0.4 is 5.73 Å². The van der Waals surface area contributed by atoms with E-state index in [1.165, 1.54) is 11.3 Å². The van der Waals surface area contributed by atoms with E-state index in [0.717, 1.165) is 5.56 Å². The molecule has 1 aromatic rings. The van der Waals surface area contributed by atoms with Gasteiger partial charge < -0.3 is 10.8 Å². The predicted molar refractivity (Wildman–Crippen MR) is 48.6 cm³/mol. The maximum absolute atomic E-state index is 10.4. The van der Waals surface area contributed by atoms with Crippen LogP contribution in [0.15, 0.2) is 11.4 Å². The molecule has 0 aliphatic heterocycles. The van der Waals surface area contributed by atoms with Crippen molar-refractivity contribution in [3.05, 3.63) is 21.3 Å². The Bertz CT molecular complexity index is 287. The molecule has 0 fully saturated rings. The Balaban J connectivity index is 2.58. The number of carboxylic acid groups (broad SMARTS) is 1. The van der Waals surface area contributed by atoms with Gasteiger partial charge in [0.05, 0.1) is 4.34 Å². The van der Waals surface area contributed by atoms with Gasteiger partial charge >= 0.3 is 5.97 Å².